The van der Waals surface area contributed by atoms with Crippen molar-refractivity contribution in [2.24, 2.45) is 0 Å². The maximum absolute atomic E-state index is 13.8. The van der Waals surface area contributed by atoms with Gasteiger partial charge in [0.25, 0.3) is 0 Å². The lowest BCUT2D eigenvalue weighted by Gasteiger charge is -2.28. The molecule has 0 amide bonds. The quantitative estimate of drug-likeness (QED) is 0.793. The lowest BCUT2D eigenvalue weighted by molar-refractivity contribution is 0.374. The summed E-state index contributed by atoms with van der Waals surface area (Å²) in [5.74, 6) is -0.192. The van der Waals surface area contributed by atoms with E-state index in [9.17, 15) is 9.65 Å². The zero-order chi connectivity index (χ0) is 15.9. The predicted octanol–water partition coefficient (Wildman–Crippen LogP) is 3.71. The molecule has 0 aliphatic heterocycles. The summed E-state index contributed by atoms with van der Waals surface area (Å²) in [5, 5.41) is 12.6. The lowest BCUT2D eigenvalue weighted by atomic mass is 9.96. The van der Waals surface area contributed by atoms with Crippen molar-refractivity contribution in [3.63, 3.8) is 0 Å². The average molecular weight is 291 g/mol. The number of nitrogens with zero attached hydrogens (tertiary/aromatic N) is 2. The van der Waals surface area contributed by atoms with E-state index in [1.54, 1.807) is 12.1 Å². The van der Waals surface area contributed by atoms with Gasteiger partial charge in [-0.15, -0.1) is 0 Å². The first-order chi connectivity index (χ1) is 9.91. The van der Waals surface area contributed by atoms with Crippen LogP contribution < -0.4 is 10.2 Å². The van der Waals surface area contributed by atoms with E-state index in [1.165, 1.54) is 6.07 Å². The maximum atomic E-state index is 13.8. The fourth-order valence-electron chi connectivity index (χ4n) is 2.58. The Bertz CT molecular complexity index is 481. The summed E-state index contributed by atoms with van der Waals surface area (Å²) in [7, 11) is 0. The van der Waals surface area contributed by atoms with Crippen LogP contribution in [0.4, 0.5) is 10.1 Å². The van der Waals surface area contributed by atoms with Crippen molar-refractivity contribution in [1.82, 2.24) is 5.32 Å². The molecule has 1 N–H and O–H groups in total. The van der Waals surface area contributed by atoms with Crippen LogP contribution in [0.25, 0.3) is 0 Å². The number of hydrogen-bond acceptors (Lipinski definition) is 3. The van der Waals surface area contributed by atoms with Crippen LogP contribution in [0.15, 0.2) is 24.3 Å². The van der Waals surface area contributed by atoms with Gasteiger partial charge >= 0.3 is 0 Å². The Labute approximate surface area is 127 Å². The fourth-order valence-corrected chi connectivity index (χ4v) is 2.58. The maximum Gasteiger partial charge on any atom is 0.146 e. The largest absolute Gasteiger partial charge is 0.369 e. The molecule has 1 atom stereocenters. The Kier molecular flexibility index (Phi) is 6.64. The van der Waals surface area contributed by atoms with Crippen LogP contribution in [0, 0.1) is 17.1 Å². The van der Waals surface area contributed by atoms with E-state index in [4.69, 9.17) is 0 Å². The second-order valence-corrected chi connectivity index (χ2v) is 5.88. The molecule has 3 nitrogen and oxygen atoms in total. The number of rotatable bonds is 8. The first kappa shape index (κ1) is 17.5. The number of halogens is 1. The van der Waals surface area contributed by atoms with Crippen LogP contribution in [-0.2, 0) is 0 Å². The minimum Gasteiger partial charge on any atom is -0.369 e. The molecule has 0 heterocycles. The second kappa shape index (κ2) is 7.99. The van der Waals surface area contributed by atoms with Gasteiger partial charge < -0.3 is 4.90 Å². The van der Waals surface area contributed by atoms with E-state index in [0.717, 1.165) is 25.9 Å². The molecule has 116 valence electrons. The number of benzene rings is 1. The monoisotopic (exact) mass is 291 g/mol. The zero-order valence-electron chi connectivity index (χ0n) is 13.5. The van der Waals surface area contributed by atoms with Crippen molar-refractivity contribution in [3.05, 3.63) is 30.1 Å². The lowest BCUT2D eigenvalue weighted by Crippen LogP contribution is -2.45. The highest BCUT2D eigenvalue weighted by Gasteiger charge is 2.24. The predicted molar refractivity (Wildman–Crippen MR) is 85.8 cm³/mol. The van der Waals surface area contributed by atoms with Gasteiger partial charge in [-0.1, -0.05) is 12.1 Å². The van der Waals surface area contributed by atoms with Crippen LogP contribution in [-0.4, -0.2) is 24.7 Å². The molecule has 0 fully saturated rings. The van der Waals surface area contributed by atoms with Crippen molar-refractivity contribution >= 4 is 5.69 Å². The van der Waals surface area contributed by atoms with Crippen LogP contribution in [0.3, 0.4) is 0 Å². The van der Waals surface area contributed by atoms with Gasteiger partial charge in [-0.3, -0.25) is 5.32 Å². The van der Waals surface area contributed by atoms with E-state index in [2.05, 4.69) is 11.4 Å². The molecule has 0 aliphatic carbocycles. The van der Waals surface area contributed by atoms with Gasteiger partial charge in [0.1, 0.15) is 11.4 Å². The standard InChI is InChI=1S/C17H26FN3/c1-5-21(16-10-7-6-9-15(16)18)12-8-11-17(4,13-19)20-14(2)3/h6-7,9-10,14,20H,5,8,11-12H2,1-4H3. The molecular weight excluding hydrogens is 265 g/mol. The molecule has 0 saturated heterocycles. The third-order valence-electron chi connectivity index (χ3n) is 3.53. The van der Waals surface area contributed by atoms with Crippen LogP contribution in [0.2, 0.25) is 0 Å². The summed E-state index contributed by atoms with van der Waals surface area (Å²) < 4.78 is 13.8. The third kappa shape index (κ3) is 5.35. The van der Waals surface area contributed by atoms with Crippen molar-refractivity contribution < 1.29 is 4.39 Å². The van der Waals surface area contributed by atoms with Gasteiger partial charge in [0, 0.05) is 19.1 Å². The first-order valence-corrected chi connectivity index (χ1v) is 7.60. The highest BCUT2D eigenvalue weighted by Crippen LogP contribution is 2.20. The molecular formula is C17H26FN3. The van der Waals surface area contributed by atoms with Crippen molar-refractivity contribution in [2.45, 2.75) is 52.1 Å². The van der Waals surface area contributed by atoms with Crippen LogP contribution >= 0.6 is 0 Å². The summed E-state index contributed by atoms with van der Waals surface area (Å²) in [4.78, 5) is 2.02. The average Bonchev–Trinajstić information content (AvgIpc) is 2.44. The molecule has 1 aromatic rings. The molecule has 0 aromatic heterocycles. The summed E-state index contributed by atoms with van der Waals surface area (Å²) in [6.07, 6.45) is 1.58. The van der Waals surface area contributed by atoms with E-state index in [0.29, 0.717) is 5.69 Å². The number of anilines is 1. The highest BCUT2D eigenvalue weighted by molar-refractivity contribution is 5.47. The Hall–Kier alpha value is -1.60. The van der Waals surface area contributed by atoms with Crippen molar-refractivity contribution in [2.75, 3.05) is 18.0 Å². The van der Waals surface area contributed by atoms with E-state index >= 15 is 0 Å². The van der Waals surface area contributed by atoms with Gasteiger partial charge in [-0.25, -0.2) is 4.39 Å². The molecule has 0 bridgehead atoms. The molecule has 0 aliphatic rings. The molecule has 1 aromatic carbocycles. The van der Waals surface area contributed by atoms with E-state index in [1.807, 2.05) is 38.7 Å². The fraction of sp³-hybridized carbons (Fsp3) is 0.588. The molecule has 4 heteroatoms. The minimum atomic E-state index is -0.525. The molecule has 21 heavy (non-hydrogen) atoms. The van der Waals surface area contributed by atoms with Crippen molar-refractivity contribution in [3.8, 4) is 6.07 Å². The van der Waals surface area contributed by atoms with Crippen molar-refractivity contribution in [1.29, 1.82) is 5.26 Å². The third-order valence-corrected chi connectivity index (χ3v) is 3.53. The SMILES string of the molecule is CCN(CCCC(C)(C#N)NC(C)C)c1ccccc1F. The van der Waals surface area contributed by atoms with Crippen LogP contribution in [0.5, 0.6) is 0 Å². The van der Waals surface area contributed by atoms with Gasteiger partial charge in [-0.05, 0) is 52.7 Å². The minimum absolute atomic E-state index is 0.192. The Morgan fingerprint density at radius 2 is 2.05 bits per heavy atom. The molecule has 1 unspecified atom stereocenters. The smallest absolute Gasteiger partial charge is 0.146 e. The molecule has 0 radical (unpaired) electrons. The Morgan fingerprint density at radius 1 is 1.38 bits per heavy atom. The highest BCUT2D eigenvalue weighted by atomic mass is 19.1. The molecule has 1 rings (SSSR count). The Balaban J connectivity index is 2.61. The van der Waals surface area contributed by atoms with Gasteiger partial charge in [0.2, 0.25) is 0 Å². The number of nitrogens with one attached hydrogen (secondary N) is 1. The van der Waals surface area contributed by atoms with Gasteiger partial charge in [-0.2, -0.15) is 5.26 Å². The summed E-state index contributed by atoms with van der Waals surface area (Å²) in [5.41, 5.74) is 0.110. The first-order valence-electron chi connectivity index (χ1n) is 7.60. The van der Waals surface area contributed by atoms with Gasteiger partial charge in [0.05, 0.1) is 11.8 Å². The van der Waals surface area contributed by atoms with Crippen LogP contribution in [0.1, 0.15) is 40.5 Å². The summed E-state index contributed by atoms with van der Waals surface area (Å²) in [6.45, 7) is 9.51. The normalized spacial score (nSPS) is 13.8. The topological polar surface area (TPSA) is 39.1 Å². The van der Waals surface area contributed by atoms with E-state index in [-0.39, 0.29) is 11.9 Å². The number of hydrogen-bond donors (Lipinski definition) is 1. The molecule has 0 spiro atoms. The van der Waals surface area contributed by atoms with E-state index < -0.39 is 5.54 Å². The number of nitriles is 1. The summed E-state index contributed by atoms with van der Waals surface area (Å²) >= 11 is 0. The molecule has 0 saturated carbocycles. The van der Waals surface area contributed by atoms with Gasteiger partial charge in [0.15, 0.2) is 0 Å². The Morgan fingerprint density at radius 3 is 2.57 bits per heavy atom. The number of para-hydroxylation sites is 1. The zero-order valence-corrected chi connectivity index (χ0v) is 13.5. The second-order valence-electron chi connectivity index (χ2n) is 5.88. The summed E-state index contributed by atoms with van der Waals surface area (Å²) in [6, 6.07) is 9.45.